The van der Waals surface area contributed by atoms with E-state index >= 15 is 0 Å². The average Bonchev–Trinajstić information content (AvgIpc) is 3.32. The SMILES string of the molecule is CC.CC1(C)C(C2=CCC(C(=O)O)CC2)=CC[C@@]2(C)C1CC[C@@]1(C)C3CC[C@@]4(C)CCC[C@@H]4[C@H]3CCC12.O=CO. The largest absolute Gasteiger partial charge is 0.483 e. The summed E-state index contributed by atoms with van der Waals surface area (Å²) in [7, 11) is 0. The van der Waals surface area contributed by atoms with E-state index in [0.717, 1.165) is 42.4 Å². The topological polar surface area (TPSA) is 74.6 Å². The van der Waals surface area contributed by atoms with Crippen LogP contribution in [0.3, 0.4) is 0 Å². The number of rotatable bonds is 2. The van der Waals surface area contributed by atoms with Gasteiger partial charge in [0.15, 0.2) is 0 Å². The second-order valence-corrected chi connectivity index (χ2v) is 15.4. The molecule has 0 aromatic heterocycles. The van der Waals surface area contributed by atoms with E-state index < -0.39 is 5.97 Å². The van der Waals surface area contributed by atoms with Crippen molar-refractivity contribution in [3.8, 4) is 0 Å². The molecular formula is C36H58O4. The minimum Gasteiger partial charge on any atom is -0.483 e. The minimum atomic E-state index is -0.618. The highest BCUT2D eigenvalue weighted by molar-refractivity contribution is 5.70. The van der Waals surface area contributed by atoms with Gasteiger partial charge in [0, 0.05) is 0 Å². The normalized spacial score (nSPS) is 44.8. The molecule has 0 aliphatic heterocycles. The number of allylic oxidation sites excluding steroid dienone is 4. The standard InChI is InChI=1S/C33H50O2.C2H6.CH2O2/c1-30(2)24(21-8-10-22(11-9-21)29(34)35)15-19-33(5)27(30)16-20-32(4)26-14-18-31(3)17-6-7-25(31)23(26)12-13-28(32)33;1-2;2-1-3/h8,15,22-23,25-28H,6-7,9-14,16-20H2,1-5H3,(H,34,35);1-2H3;1H,(H,2,3)/t22?,23-,25-,26?,27?,28?,31-,32+,33+;;/m1../s1. The number of aliphatic carboxylic acids is 1. The van der Waals surface area contributed by atoms with Gasteiger partial charge in [0.2, 0.25) is 0 Å². The van der Waals surface area contributed by atoms with Crippen molar-refractivity contribution in [1.82, 2.24) is 0 Å². The van der Waals surface area contributed by atoms with Crippen molar-refractivity contribution < 1.29 is 19.8 Å². The van der Waals surface area contributed by atoms with Gasteiger partial charge in [-0.1, -0.05) is 67.0 Å². The first-order valence-electron chi connectivity index (χ1n) is 16.6. The van der Waals surface area contributed by atoms with Crippen LogP contribution in [0.4, 0.5) is 0 Å². The molecule has 4 heteroatoms. The van der Waals surface area contributed by atoms with Crippen LogP contribution in [0, 0.1) is 57.2 Å². The fourth-order valence-corrected chi connectivity index (χ4v) is 12.0. The third-order valence-corrected chi connectivity index (χ3v) is 13.6. The van der Waals surface area contributed by atoms with Crippen molar-refractivity contribution in [2.45, 2.75) is 132 Å². The van der Waals surface area contributed by atoms with Crippen LogP contribution in [0.15, 0.2) is 23.3 Å². The summed E-state index contributed by atoms with van der Waals surface area (Å²) in [5.74, 6) is 3.75. The molecule has 6 rings (SSSR count). The van der Waals surface area contributed by atoms with Gasteiger partial charge in [0.1, 0.15) is 0 Å². The zero-order chi connectivity index (χ0) is 29.5. The van der Waals surface area contributed by atoms with Crippen LogP contribution < -0.4 is 0 Å². The van der Waals surface area contributed by atoms with Gasteiger partial charge in [-0.3, -0.25) is 9.59 Å². The molecule has 6 aliphatic rings. The maximum Gasteiger partial charge on any atom is 0.306 e. The second-order valence-electron chi connectivity index (χ2n) is 15.4. The predicted octanol–water partition coefficient (Wildman–Crippen LogP) is 9.55. The summed E-state index contributed by atoms with van der Waals surface area (Å²) in [6, 6.07) is 0. The summed E-state index contributed by atoms with van der Waals surface area (Å²) < 4.78 is 0. The summed E-state index contributed by atoms with van der Waals surface area (Å²) >= 11 is 0. The molecule has 2 N–H and O–H groups in total. The monoisotopic (exact) mass is 554 g/mol. The highest BCUT2D eigenvalue weighted by Crippen LogP contribution is 2.73. The lowest BCUT2D eigenvalue weighted by molar-refractivity contribution is -0.179. The van der Waals surface area contributed by atoms with Gasteiger partial charge in [-0.25, -0.2) is 0 Å². The molecule has 0 spiro atoms. The Morgan fingerprint density at radius 2 is 1.55 bits per heavy atom. The molecule has 0 aromatic carbocycles. The number of hydrogen-bond acceptors (Lipinski definition) is 2. The lowest BCUT2D eigenvalue weighted by Crippen LogP contribution is -2.61. The third kappa shape index (κ3) is 4.91. The van der Waals surface area contributed by atoms with E-state index in [1.54, 1.807) is 5.57 Å². The Morgan fingerprint density at radius 1 is 0.850 bits per heavy atom. The number of carboxylic acids is 1. The quantitative estimate of drug-likeness (QED) is 0.333. The fraction of sp³-hybridized carbons (Fsp3) is 0.833. The molecule has 0 heterocycles. The smallest absolute Gasteiger partial charge is 0.306 e. The molecule has 4 unspecified atom stereocenters. The van der Waals surface area contributed by atoms with Crippen molar-refractivity contribution in [3.63, 3.8) is 0 Å². The maximum absolute atomic E-state index is 11.5. The Kier molecular flexibility index (Phi) is 9.09. The Balaban J connectivity index is 0.000000695. The molecule has 4 nitrogen and oxygen atoms in total. The van der Waals surface area contributed by atoms with Gasteiger partial charge < -0.3 is 10.2 Å². The first-order chi connectivity index (χ1) is 18.9. The van der Waals surface area contributed by atoms with Crippen molar-refractivity contribution in [3.05, 3.63) is 23.3 Å². The van der Waals surface area contributed by atoms with Crippen LogP contribution in [-0.4, -0.2) is 22.7 Å². The van der Waals surface area contributed by atoms with E-state index in [0.29, 0.717) is 22.7 Å². The van der Waals surface area contributed by atoms with Crippen LogP contribution in [-0.2, 0) is 9.59 Å². The van der Waals surface area contributed by atoms with Crippen molar-refractivity contribution in [2.75, 3.05) is 0 Å². The van der Waals surface area contributed by atoms with E-state index in [-0.39, 0.29) is 17.8 Å². The molecule has 6 aliphatic carbocycles. The molecule has 40 heavy (non-hydrogen) atoms. The molecule has 0 bridgehead atoms. The van der Waals surface area contributed by atoms with E-state index in [1.165, 1.54) is 69.8 Å². The third-order valence-electron chi connectivity index (χ3n) is 13.6. The zero-order valence-electron chi connectivity index (χ0n) is 26.6. The highest BCUT2D eigenvalue weighted by atomic mass is 16.4. The Hall–Kier alpha value is -1.58. The summed E-state index contributed by atoms with van der Waals surface area (Å²) in [6.45, 7) is 16.9. The molecule has 226 valence electrons. The molecule has 4 fully saturated rings. The van der Waals surface area contributed by atoms with Crippen LogP contribution in [0.1, 0.15) is 132 Å². The second kappa shape index (κ2) is 11.6. The predicted molar refractivity (Wildman–Crippen MR) is 163 cm³/mol. The summed E-state index contributed by atoms with van der Waals surface area (Å²) in [5.41, 5.74) is 4.81. The number of carbonyl (C=O) groups is 2. The van der Waals surface area contributed by atoms with E-state index in [1.807, 2.05) is 13.8 Å². The van der Waals surface area contributed by atoms with Gasteiger partial charge in [-0.15, -0.1) is 0 Å². The fourth-order valence-electron chi connectivity index (χ4n) is 12.0. The maximum atomic E-state index is 11.5. The van der Waals surface area contributed by atoms with Crippen molar-refractivity contribution in [2.24, 2.45) is 57.2 Å². The molecule has 0 aromatic rings. The van der Waals surface area contributed by atoms with E-state index in [9.17, 15) is 9.90 Å². The Morgan fingerprint density at radius 3 is 2.17 bits per heavy atom. The first-order valence-corrected chi connectivity index (χ1v) is 16.6. The summed E-state index contributed by atoms with van der Waals surface area (Å²) in [5, 5.41) is 16.4. The number of hydrogen-bond donors (Lipinski definition) is 2. The van der Waals surface area contributed by atoms with Gasteiger partial charge in [0.25, 0.3) is 6.47 Å². The Bertz CT molecular complexity index is 1010. The van der Waals surface area contributed by atoms with Crippen LogP contribution in [0.2, 0.25) is 0 Å². The van der Waals surface area contributed by atoms with E-state index in [2.05, 4.69) is 46.8 Å². The van der Waals surface area contributed by atoms with Gasteiger partial charge in [0.05, 0.1) is 5.92 Å². The average molecular weight is 555 g/mol. The molecule has 4 saturated carbocycles. The van der Waals surface area contributed by atoms with Crippen LogP contribution >= 0.6 is 0 Å². The molecule has 0 saturated heterocycles. The zero-order valence-corrected chi connectivity index (χ0v) is 26.6. The summed E-state index contributed by atoms with van der Waals surface area (Å²) in [4.78, 5) is 19.9. The lowest BCUT2D eigenvalue weighted by Gasteiger charge is -2.68. The van der Waals surface area contributed by atoms with Gasteiger partial charge in [-0.05, 0) is 139 Å². The molecule has 9 atom stereocenters. The lowest BCUT2D eigenvalue weighted by atomic mass is 9.36. The highest BCUT2D eigenvalue weighted by Gasteiger charge is 2.64. The van der Waals surface area contributed by atoms with E-state index in [4.69, 9.17) is 9.90 Å². The Labute approximate surface area is 244 Å². The van der Waals surface area contributed by atoms with Crippen molar-refractivity contribution >= 4 is 12.4 Å². The van der Waals surface area contributed by atoms with Gasteiger partial charge >= 0.3 is 5.97 Å². The number of carboxylic acid groups (broad SMARTS) is 2. The first kappa shape index (κ1) is 31.4. The molecule has 0 amide bonds. The van der Waals surface area contributed by atoms with Gasteiger partial charge in [-0.2, -0.15) is 0 Å². The number of fused-ring (bicyclic) bond motifs is 7. The minimum absolute atomic E-state index is 0.181. The van der Waals surface area contributed by atoms with Crippen LogP contribution in [0.5, 0.6) is 0 Å². The molecule has 0 radical (unpaired) electrons. The van der Waals surface area contributed by atoms with Crippen LogP contribution in [0.25, 0.3) is 0 Å². The molecular weight excluding hydrogens is 496 g/mol. The summed E-state index contributed by atoms with van der Waals surface area (Å²) in [6.07, 6.45) is 21.8. The van der Waals surface area contributed by atoms with Crippen molar-refractivity contribution in [1.29, 1.82) is 0 Å².